The number of likely N-dealkylation sites (N-methyl/N-ethyl adjacent to an activating group) is 1. The normalized spacial score (nSPS) is 15.6. The summed E-state index contributed by atoms with van der Waals surface area (Å²) in [7, 11) is 2.20. The lowest BCUT2D eigenvalue weighted by atomic mass is 10.2. The topological polar surface area (TPSA) is 27.7 Å². The van der Waals surface area contributed by atoms with Crippen LogP contribution in [0.25, 0.3) is 0 Å². The van der Waals surface area contributed by atoms with Gasteiger partial charge in [0.05, 0.1) is 0 Å². The minimum atomic E-state index is -0.221. The molecule has 0 atom stereocenters. The highest BCUT2D eigenvalue weighted by Crippen LogP contribution is 2.19. The van der Waals surface area contributed by atoms with Crippen molar-refractivity contribution in [1.82, 2.24) is 15.1 Å². The predicted molar refractivity (Wildman–Crippen MR) is 112 cm³/mol. The van der Waals surface area contributed by atoms with Crippen LogP contribution in [0.15, 0.2) is 48.5 Å². The molecule has 2 aromatic carbocycles. The van der Waals surface area contributed by atoms with Crippen LogP contribution in [0.3, 0.4) is 0 Å². The van der Waals surface area contributed by atoms with E-state index < -0.39 is 0 Å². The Labute approximate surface area is 168 Å². The maximum absolute atomic E-state index is 13.0. The number of rotatable bonds is 10. The summed E-state index contributed by atoms with van der Waals surface area (Å²) in [4.78, 5) is 4.96. The van der Waals surface area contributed by atoms with E-state index in [1.807, 2.05) is 18.2 Å². The zero-order chi connectivity index (χ0) is 19.6. The summed E-state index contributed by atoms with van der Waals surface area (Å²) < 4.78 is 19.0. The first-order valence-electron chi connectivity index (χ1n) is 10.3. The van der Waals surface area contributed by atoms with Gasteiger partial charge in [-0.15, -0.1) is 0 Å². The molecule has 0 amide bonds. The standard InChI is InChI=1S/C23H32FN3O/c1-26-14-16-27(17-15-26)13-5-4-12-25-18-21-6-2-3-7-23(21)28-19-20-8-10-22(24)11-9-20/h2-3,6-11,25H,4-5,12-19H2,1H3. The van der Waals surface area contributed by atoms with Crippen LogP contribution in [0.5, 0.6) is 5.75 Å². The fourth-order valence-electron chi connectivity index (χ4n) is 3.41. The Bertz CT molecular complexity index is 699. The molecule has 0 aromatic heterocycles. The predicted octanol–water partition coefficient (Wildman–Crippen LogP) is 3.52. The molecule has 1 heterocycles. The molecule has 2 aromatic rings. The molecule has 1 aliphatic heterocycles. The number of benzene rings is 2. The zero-order valence-corrected chi connectivity index (χ0v) is 16.9. The third-order valence-electron chi connectivity index (χ3n) is 5.27. The number of halogens is 1. The van der Waals surface area contributed by atoms with E-state index in [4.69, 9.17) is 4.74 Å². The summed E-state index contributed by atoms with van der Waals surface area (Å²) in [6, 6.07) is 14.6. The summed E-state index contributed by atoms with van der Waals surface area (Å²) in [5.74, 6) is 0.665. The lowest BCUT2D eigenvalue weighted by Gasteiger charge is -2.32. The van der Waals surface area contributed by atoms with Gasteiger partial charge in [-0.3, -0.25) is 0 Å². The largest absolute Gasteiger partial charge is 0.489 e. The Kier molecular flexibility index (Phi) is 8.27. The van der Waals surface area contributed by atoms with Crippen molar-refractivity contribution in [2.75, 3.05) is 46.3 Å². The van der Waals surface area contributed by atoms with Crippen molar-refractivity contribution in [2.24, 2.45) is 0 Å². The maximum Gasteiger partial charge on any atom is 0.124 e. The van der Waals surface area contributed by atoms with Crippen molar-refractivity contribution in [3.05, 3.63) is 65.5 Å². The number of unbranched alkanes of at least 4 members (excludes halogenated alkanes) is 1. The summed E-state index contributed by atoms with van der Waals surface area (Å²) >= 11 is 0. The fourth-order valence-corrected chi connectivity index (χ4v) is 3.41. The molecule has 0 spiro atoms. The first-order chi connectivity index (χ1) is 13.7. The Morgan fingerprint density at radius 3 is 2.50 bits per heavy atom. The van der Waals surface area contributed by atoms with E-state index in [0.717, 1.165) is 30.0 Å². The average molecular weight is 386 g/mol. The Balaban J connectivity index is 1.34. The minimum absolute atomic E-state index is 0.221. The molecule has 1 aliphatic rings. The van der Waals surface area contributed by atoms with Crippen molar-refractivity contribution in [3.8, 4) is 5.75 Å². The average Bonchev–Trinajstić information content (AvgIpc) is 2.72. The molecule has 1 N–H and O–H groups in total. The molecule has 0 aliphatic carbocycles. The molecule has 1 fully saturated rings. The smallest absolute Gasteiger partial charge is 0.124 e. The first kappa shape index (κ1) is 20.8. The molecule has 5 heteroatoms. The quantitative estimate of drug-likeness (QED) is 0.634. The number of para-hydroxylation sites is 1. The second-order valence-electron chi connectivity index (χ2n) is 7.55. The fraction of sp³-hybridized carbons (Fsp3) is 0.478. The summed E-state index contributed by atoms with van der Waals surface area (Å²) in [5.41, 5.74) is 2.12. The van der Waals surface area contributed by atoms with Gasteiger partial charge in [0.25, 0.3) is 0 Å². The maximum atomic E-state index is 13.0. The van der Waals surface area contributed by atoms with Gasteiger partial charge in [0, 0.05) is 38.3 Å². The van der Waals surface area contributed by atoms with Gasteiger partial charge in [0.2, 0.25) is 0 Å². The van der Waals surface area contributed by atoms with Gasteiger partial charge in [0.15, 0.2) is 0 Å². The third kappa shape index (κ3) is 6.89. The Hall–Kier alpha value is -1.95. The molecule has 152 valence electrons. The second-order valence-corrected chi connectivity index (χ2v) is 7.55. The van der Waals surface area contributed by atoms with Crippen molar-refractivity contribution < 1.29 is 9.13 Å². The van der Waals surface area contributed by atoms with Crippen LogP contribution in [0.2, 0.25) is 0 Å². The Morgan fingerprint density at radius 1 is 0.964 bits per heavy atom. The second kappa shape index (κ2) is 11.1. The van der Waals surface area contributed by atoms with Crippen LogP contribution < -0.4 is 10.1 Å². The van der Waals surface area contributed by atoms with E-state index >= 15 is 0 Å². The molecule has 0 radical (unpaired) electrons. The number of nitrogens with zero attached hydrogens (tertiary/aromatic N) is 2. The Morgan fingerprint density at radius 2 is 1.71 bits per heavy atom. The van der Waals surface area contributed by atoms with Crippen molar-refractivity contribution in [2.45, 2.75) is 26.0 Å². The lowest BCUT2D eigenvalue weighted by molar-refractivity contribution is 0.152. The van der Waals surface area contributed by atoms with Crippen molar-refractivity contribution in [1.29, 1.82) is 0 Å². The SMILES string of the molecule is CN1CCN(CCCCNCc2ccccc2OCc2ccc(F)cc2)CC1. The van der Waals surface area contributed by atoms with E-state index in [9.17, 15) is 4.39 Å². The zero-order valence-electron chi connectivity index (χ0n) is 16.9. The first-order valence-corrected chi connectivity index (χ1v) is 10.3. The van der Waals surface area contributed by atoms with Crippen LogP contribution in [0.1, 0.15) is 24.0 Å². The molecule has 28 heavy (non-hydrogen) atoms. The molecule has 4 nitrogen and oxygen atoms in total. The summed E-state index contributed by atoms with van der Waals surface area (Å²) in [6.45, 7) is 8.23. The molecule has 3 rings (SSSR count). The molecule has 0 unspecified atom stereocenters. The third-order valence-corrected chi connectivity index (χ3v) is 5.27. The van der Waals surface area contributed by atoms with Gasteiger partial charge in [-0.2, -0.15) is 0 Å². The van der Waals surface area contributed by atoms with Gasteiger partial charge >= 0.3 is 0 Å². The van der Waals surface area contributed by atoms with E-state index in [1.54, 1.807) is 12.1 Å². The number of hydrogen-bond acceptors (Lipinski definition) is 4. The van der Waals surface area contributed by atoms with E-state index in [2.05, 4.69) is 28.2 Å². The van der Waals surface area contributed by atoms with E-state index in [1.165, 1.54) is 57.7 Å². The van der Waals surface area contributed by atoms with Crippen LogP contribution in [-0.2, 0) is 13.2 Å². The molecular weight excluding hydrogens is 353 g/mol. The summed E-state index contributed by atoms with van der Waals surface area (Å²) in [5, 5.41) is 3.54. The number of hydrogen-bond donors (Lipinski definition) is 1. The van der Waals surface area contributed by atoms with Gasteiger partial charge in [-0.25, -0.2) is 4.39 Å². The number of piperazine rings is 1. The van der Waals surface area contributed by atoms with E-state index in [0.29, 0.717) is 6.61 Å². The van der Waals surface area contributed by atoms with Crippen molar-refractivity contribution >= 4 is 0 Å². The highest BCUT2D eigenvalue weighted by molar-refractivity contribution is 5.33. The highest BCUT2D eigenvalue weighted by atomic mass is 19.1. The molecular formula is C23H32FN3O. The van der Waals surface area contributed by atoms with Gasteiger partial charge < -0.3 is 19.9 Å². The van der Waals surface area contributed by atoms with E-state index in [-0.39, 0.29) is 5.82 Å². The van der Waals surface area contributed by atoms with Crippen LogP contribution in [-0.4, -0.2) is 56.1 Å². The molecule has 1 saturated heterocycles. The van der Waals surface area contributed by atoms with Gasteiger partial charge in [-0.1, -0.05) is 30.3 Å². The minimum Gasteiger partial charge on any atom is -0.489 e. The lowest BCUT2D eigenvalue weighted by Crippen LogP contribution is -2.44. The molecule has 0 bridgehead atoms. The molecule has 0 saturated carbocycles. The highest BCUT2D eigenvalue weighted by Gasteiger charge is 2.12. The van der Waals surface area contributed by atoms with Crippen LogP contribution >= 0.6 is 0 Å². The summed E-state index contributed by atoms with van der Waals surface area (Å²) in [6.07, 6.45) is 2.42. The van der Waals surface area contributed by atoms with Crippen LogP contribution in [0, 0.1) is 5.82 Å². The van der Waals surface area contributed by atoms with Gasteiger partial charge in [0.1, 0.15) is 18.2 Å². The number of ether oxygens (including phenoxy) is 1. The number of nitrogens with one attached hydrogen (secondary N) is 1. The van der Waals surface area contributed by atoms with Crippen molar-refractivity contribution in [3.63, 3.8) is 0 Å². The van der Waals surface area contributed by atoms with Gasteiger partial charge in [-0.05, 0) is 56.7 Å². The monoisotopic (exact) mass is 385 g/mol. The van der Waals surface area contributed by atoms with Crippen LogP contribution in [0.4, 0.5) is 4.39 Å².